The zero-order valence-electron chi connectivity index (χ0n) is 14.5. The van der Waals surface area contributed by atoms with Crippen molar-refractivity contribution in [3.05, 3.63) is 42.5 Å². The lowest BCUT2D eigenvalue weighted by Gasteiger charge is -2.30. The van der Waals surface area contributed by atoms with Gasteiger partial charge in [0.1, 0.15) is 0 Å². The molecule has 23 heavy (non-hydrogen) atoms. The van der Waals surface area contributed by atoms with Gasteiger partial charge in [-0.25, -0.2) is 0 Å². The SMILES string of the molecule is CCCO[Si](OCCC)(OCCC)c1ccc2ccccc2c1. The van der Waals surface area contributed by atoms with Gasteiger partial charge in [-0.2, -0.15) is 0 Å². The van der Waals surface area contributed by atoms with E-state index in [2.05, 4.69) is 63.2 Å². The molecule has 0 aliphatic heterocycles. The molecule has 0 N–H and O–H groups in total. The summed E-state index contributed by atoms with van der Waals surface area (Å²) in [6, 6.07) is 14.8. The van der Waals surface area contributed by atoms with Gasteiger partial charge in [-0.05, 0) is 36.1 Å². The van der Waals surface area contributed by atoms with Crippen LogP contribution < -0.4 is 5.19 Å². The maximum Gasteiger partial charge on any atom is 0.537 e. The average molecular weight is 333 g/mol. The largest absolute Gasteiger partial charge is 0.537 e. The first-order valence-corrected chi connectivity index (χ1v) is 10.4. The molecule has 3 nitrogen and oxygen atoms in total. The molecule has 0 saturated heterocycles. The van der Waals surface area contributed by atoms with Crippen molar-refractivity contribution >= 4 is 24.8 Å². The van der Waals surface area contributed by atoms with E-state index >= 15 is 0 Å². The molecule has 0 aromatic heterocycles. The molecule has 0 saturated carbocycles. The van der Waals surface area contributed by atoms with Crippen molar-refractivity contribution in [2.45, 2.75) is 40.0 Å². The minimum Gasteiger partial charge on any atom is -0.370 e. The van der Waals surface area contributed by atoms with E-state index in [4.69, 9.17) is 13.3 Å². The van der Waals surface area contributed by atoms with Crippen molar-refractivity contribution in [1.82, 2.24) is 0 Å². The van der Waals surface area contributed by atoms with Crippen LogP contribution in [0.4, 0.5) is 0 Å². The molecule has 0 radical (unpaired) electrons. The van der Waals surface area contributed by atoms with Crippen molar-refractivity contribution in [2.24, 2.45) is 0 Å². The molecular formula is C19H28O3Si. The molecule has 4 heteroatoms. The summed E-state index contributed by atoms with van der Waals surface area (Å²) in [6.07, 6.45) is 2.86. The van der Waals surface area contributed by atoms with Gasteiger partial charge in [-0.3, -0.25) is 0 Å². The highest BCUT2D eigenvalue weighted by Crippen LogP contribution is 2.17. The Kier molecular flexibility index (Phi) is 7.24. The predicted octanol–water partition coefficient (Wildman–Crippen LogP) is 4.27. The van der Waals surface area contributed by atoms with E-state index in [1.54, 1.807) is 0 Å². The van der Waals surface area contributed by atoms with Gasteiger partial charge < -0.3 is 13.3 Å². The molecule has 0 atom stereocenters. The lowest BCUT2D eigenvalue weighted by atomic mass is 10.1. The standard InChI is InChI=1S/C19H28O3Si/c1-4-13-20-23(21-14-5-2,22-15-6-3)19-12-11-17-9-7-8-10-18(17)16-19/h7-12,16H,4-6,13-15H2,1-3H3. The summed E-state index contributed by atoms with van der Waals surface area (Å²) in [5.41, 5.74) is 0. The van der Waals surface area contributed by atoms with Gasteiger partial charge >= 0.3 is 8.80 Å². The minimum atomic E-state index is -2.85. The van der Waals surface area contributed by atoms with Gasteiger partial charge in [0.15, 0.2) is 0 Å². The molecule has 0 fully saturated rings. The molecule has 0 aliphatic rings. The molecule has 2 rings (SSSR count). The first kappa shape index (κ1) is 18.1. The number of hydrogen-bond acceptors (Lipinski definition) is 3. The van der Waals surface area contributed by atoms with Gasteiger partial charge in [-0.15, -0.1) is 0 Å². The minimum absolute atomic E-state index is 0.659. The molecule has 0 unspecified atom stereocenters. The molecular weight excluding hydrogens is 304 g/mol. The zero-order chi connectivity index (χ0) is 16.5. The van der Waals surface area contributed by atoms with Crippen LogP contribution in [0.5, 0.6) is 0 Å². The van der Waals surface area contributed by atoms with Crippen LogP contribution in [0.15, 0.2) is 42.5 Å². The fraction of sp³-hybridized carbons (Fsp3) is 0.474. The second-order valence-electron chi connectivity index (χ2n) is 5.66. The van der Waals surface area contributed by atoms with E-state index in [9.17, 15) is 0 Å². The summed E-state index contributed by atoms with van der Waals surface area (Å²) in [5.74, 6) is 0. The second-order valence-corrected chi connectivity index (χ2v) is 8.22. The Hall–Kier alpha value is -1.20. The van der Waals surface area contributed by atoms with Crippen molar-refractivity contribution in [3.63, 3.8) is 0 Å². The lowest BCUT2D eigenvalue weighted by Crippen LogP contribution is -2.57. The van der Waals surface area contributed by atoms with E-state index in [1.165, 1.54) is 10.8 Å². The third kappa shape index (κ3) is 4.64. The Morgan fingerprint density at radius 3 is 1.74 bits per heavy atom. The number of fused-ring (bicyclic) bond motifs is 1. The summed E-state index contributed by atoms with van der Waals surface area (Å²) >= 11 is 0. The van der Waals surface area contributed by atoms with E-state index in [1.807, 2.05) is 0 Å². The molecule has 126 valence electrons. The van der Waals surface area contributed by atoms with Crippen LogP contribution in [-0.4, -0.2) is 28.6 Å². The van der Waals surface area contributed by atoms with Crippen LogP contribution in [-0.2, 0) is 13.3 Å². The van der Waals surface area contributed by atoms with Gasteiger partial charge in [0.2, 0.25) is 0 Å². The quantitative estimate of drug-likeness (QED) is 0.608. The number of rotatable bonds is 10. The Balaban J connectivity index is 2.41. The van der Waals surface area contributed by atoms with Gasteiger partial charge in [0, 0.05) is 25.0 Å². The third-order valence-corrected chi connectivity index (χ3v) is 6.36. The van der Waals surface area contributed by atoms with E-state index < -0.39 is 8.80 Å². The molecule has 2 aromatic carbocycles. The lowest BCUT2D eigenvalue weighted by molar-refractivity contribution is 0.0732. The molecule has 2 aromatic rings. The summed E-state index contributed by atoms with van der Waals surface area (Å²) in [6.45, 7) is 8.31. The Labute approximate surface area is 140 Å². The highest BCUT2D eigenvalue weighted by Gasteiger charge is 2.43. The van der Waals surface area contributed by atoms with E-state index in [0.717, 1.165) is 24.4 Å². The van der Waals surface area contributed by atoms with Crippen molar-refractivity contribution in [3.8, 4) is 0 Å². The zero-order valence-corrected chi connectivity index (χ0v) is 15.5. The van der Waals surface area contributed by atoms with Crippen LogP contribution in [0.2, 0.25) is 0 Å². The maximum absolute atomic E-state index is 6.21. The van der Waals surface area contributed by atoms with Crippen LogP contribution in [0.25, 0.3) is 10.8 Å². The topological polar surface area (TPSA) is 27.7 Å². The Morgan fingerprint density at radius 1 is 0.696 bits per heavy atom. The maximum atomic E-state index is 6.21. The van der Waals surface area contributed by atoms with Crippen LogP contribution in [0.3, 0.4) is 0 Å². The summed E-state index contributed by atoms with van der Waals surface area (Å²) < 4.78 is 18.6. The highest BCUT2D eigenvalue weighted by atomic mass is 28.4. The molecule has 0 amide bonds. The molecule has 0 heterocycles. The normalized spacial score (nSPS) is 12.0. The fourth-order valence-electron chi connectivity index (χ4n) is 2.46. The van der Waals surface area contributed by atoms with Gasteiger partial charge in [0.05, 0.1) is 0 Å². The first-order valence-electron chi connectivity index (χ1n) is 8.67. The summed E-state index contributed by atoms with van der Waals surface area (Å²) in [4.78, 5) is 0. The fourth-order valence-corrected chi connectivity index (χ4v) is 5.25. The smallest absolute Gasteiger partial charge is 0.370 e. The molecule has 0 aliphatic carbocycles. The van der Waals surface area contributed by atoms with Crippen molar-refractivity contribution in [1.29, 1.82) is 0 Å². The Morgan fingerprint density at radius 2 is 1.22 bits per heavy atom. The van der Waals surface area contributed by atoms with Crippen LogP contribution in [0.1, 0.15) is 40.0 Å². The average Bonchev–Trinajstić information content (AvgIpc) is 2.61. The van der Waals surface area contributed by atoms with Crippen LogP contribution >= 0.6 is 0 Å². The Bertz CT molecular complexity index is 578. The van der Waals surface area contributed by atoms with Gasteiger partial charge in [-0.1, -0.05) is 57.2 Å². The number of hydrogen-bond donors (Lipinski definition) is 0. The molecule has 0 spiro atoms. The predicted molar refractivity (Wildman–Crippen MR) is 98.1 cm³/mol. The van der Waals surface area contributed by atoms with Crippen LogP contribution in [0, 0.1) is 0 Å². The summed E-state index contributed by atoms with van der Waals surface area (Å²) in [5, 5.41) is 3.48. The van der Waals surface area contributed by atoms with E-state index in [-0.39, 0.29) is 0 Å². The highest BCUT2D eigenvalue weighted by molar-refractivity contribution is 6.75. The molecule has 0 bridgehead atoms. The summed E-state index contributed by atoms with van der Waals surface area (Å²) in [7, 11) is -2.85. The van der Waals surface area contributed by atoms with E-state index in [0.29, 0.717) is 19.8 Å². The van der Waals surface area contributed by atoms with Gasteiger partial charge in [0.25, 0.3) is 0 Å². The second kappa shape index (κ2) is 9.18. The number of benzene rings is 2. The van der Waals surface area contributed by atoms with Crippen molar-refractivity contribution in [2.75, 3.05) is 19.8 Å². The first-order chi connectivity index (χ1) is 11.3. The monoisotopic (exact) mass is 332 g/mol. The van der Waals surface area contributed by atoms with Crippen molar-refractivity contribution < 1.29 is 13.3 Å². The third-order valence-electron chi connectivity index (χ3n) is 3.59.